The van der Waals surface area contributed by atoms with E-state index >= 15 is 0 Å². The number of aromatic nitrogens is 2. The maximum absolute atomic E-state index is 13.2. The van der Waals surface area contributed by atoms with Gasteiger partial charge in [0.05, 0.1) is 19.6 Å². The van der Waals surface area contributed by atoms with Crippen molar-refractivity contribution in [2.45, 2.75) is 46.1 Å². The van der Waals surface area contributed by atoms with Crippen molar-refractivity contribution in [2.24, 2.45) is 0 Å². The first kappa shape index (κ1) is 21.9. The summed E-state index contributed by atoms with van der Waals surface area (Å²) in [6.07, 6.45) is 2.00. The lowest BCUT2D eigenvalue weighted by atomic mass is 10.1. The number of aryl methyl sites for hydroxylation is 1. The van der Waals surface area contributed by atoms with Crippen LogP contribution in [0.5, 0.6) is 11.5 Å². The van der Waals surface area contributed by atoms with Crippen molar-refractivity contribution in [3.63, 3.8) is 0 Å². The Balaban J connectivity index is 1.48. The minimum atomic E-state index is -0.191. The zero-order valence-corrected chi connectivity index (χ0v) is 18.8. The van der Waals surface area contributed by atoms with E-state index < -0.39 is 0 Å². The molecule has 7 heteroatoms. The van der Waals surface area contributed by atoms with Crippen LogP contribution in [0.4, 0.5) is 0 Å². The smallest absolute Gasteiger partial charge is 0.249 e. The number of carbonyl (C=O) groups excluding carboxylic acids is 1. The molecule has 1 atom stereocenters. The molecule has 1 aromatic heterocycles. The predicted molar refractivity (Wildman–Crippen MR) is 121 cm³/mol. The Morgan fingerprint density at radius 3 is 2.59 bits per heavy atom. The Hall–Kier alpha value is -3.35. The number of hydrogen-bond acceptors (Lipinski definition) is 6. The summed E-state index contributed by atoms with van der Waals surface area (Å²) in [6, 6.07) is 13.5. The lowest BCUT2D eigenvalue weighted by Crippen LogP contribution is -2.32. The van der Waals surface area contributed by atoms with E-state index in [-0.39, 0.29) is 18.4 Å². The van der Waals surface area contributed by atoms with Crippen molar-refractivity contribution < 1.29 is 18.8 Å². The van der Waals surface area contributed by atoms with Crippen LogP contribution in [0.3, 0.4) is 0 Å². The van der Waals surface area contributed by atoms with Crippen LogP contribution in [0, 0.1) is 6.92 Å². The van der Waals surface area contributed by atoms with E-state index in [1.807, 2.05) is 68.1 Å². The summed E-state index contributed by atoms with van der Waals surface area (Å²) < 4.78 is 16.9. The van der Waals surface area contributed by atoms with E-state index in [2.05, 4.69) is 10.1 Å². The van der Waals surface area contributed by atoms with Crippen molar-refractivity contribution in [3.05, 3.63) is 59.5 Å². The number of nitrogens with zero attached hydrogens (tertiary/aromatic N) is 3. The highest BCUT2D eigenvalue weighted by atomic mass is 16.5. The highest BCUT2D eigenvalue weighted by Gasteiger charge is 2.34. The summed E-state index contributed by atoms with van der Waals surface area (Å²) in [4.78, 5) is 19.6. The van der Waals surface area contributed by atoms with Gasteiger partial charge in [-0.2, -0.15) is 4.98 Å². The lowest BCUT2D eigenvalue weighted by Gasteiger charge is -2.22. The van der Waals surface area contributed by atoms with E-state index in [1.165, 1.54) is 5.56 Å². The molecule has 7 nitrogen and oxygen atoms in total. The van der Waals surface area contributed by atoms with Gasteiger partial charge in [-0.15, -0.1) is 0 Å². The third-order valence-electron chi connectivity index (χ3n) is 5.57. The van der Waals surface area contributed by atoms with Gasteiger partial charge in [-0.25, -0.2) is 0 Å². The Morgan fingerprint density at radius 2 is 1.84 bits per heavy atom. The summed E-state index contributed by atoms with van der Waals surface area (Å²) in [6.45, 7) is 7.67. The standard InChI is InChI=1S/C25H29N3O4/c1-4-30-21-13-10-18(15-22(21)31-5-2)16-23(29)28-14-6-7-20(28)25-26-24(27-32-25)19-11-8-17(3)9-12-19/h8-13,15,20H,4-7,14,16H2,1-3H3. The van der Waals surface area contributed by atoms with Gasteiger partial charge in [-0.1, -0.05) is 41.1 Å². The first-order valence-electron chi connectivity index (χ1n) is 11.2. The van der Waals surface area contributed by atoms with Crippen LogP contribution in [-0.4, -0.2) is 40.7 Å². The van der Waals surface area contributed by atoms with Gasteiger partial charge >= 0.3 is 0 Å². The fourth-order valence-electron chi connectivity index (χ4n) is 3.99. The minimum Gasteiger partial charge on any atom is -0.490 e. The van der Waals surface area contributed by atoms with Gasteiger partial charge < -0.3 is 18.9 Å². The van der Waals surface area contributed by atoms with E-state index in [0.29, 0.717) is 43.0 Å². The number of benzene rings is 2. The number of carbonyl (C=O) groups is 1. The van der Waals surface area contributed by atoms with Crippen molar-refractivity contribution >= 4 is 5.91 Å². The first-order chi connectivity index (χ1) is 15.6. The second-order valence-electron chi connectivity index (χ2n) is 7.89. The SMILES string of the molecule is CCOc1ccc(CC(=O)N2CCCC2c2nc(-c3ccc(C)cc3)no2)cc1OCC. The average molecular weight is 436 g/mol. The number of amides is 1. The van der Waals surface area contributed by atoms with Crippen molar-refractivity contribution in [1.29, 1.82) is 0 Å². The second-order valence-corrected chi connectivity index (χ2v) is 7.89. The molecule has 0 bridgehead atoms. The summed E-state index contributed by atoms with van der Waals surface area (Å²) in [5.74, 6) is 2.44. The van der Waals surface area contributed by atoms with Gasteiger partial charge in [0, 0.05) is 12.1 Å². The average Bonchev–Trinajstić information content (AvgIpc) is 3.46. The fourth-order valence-corrected chi connectivity index (χ4v) is 3.99. The molecule has 1 aliphatic rings. The minimum absolute atomic E-state index is 0.0363. The maximum atomic E-state index is 13.2. The predicted octanol–water partition coefficient (Wildman–Crippen LogP) is 4.75. The number of rotatable bonds is 8. The maximum Gasteiger partial charge on any atom is 0.249 e. The molecule has 0 N–H and O–H groups in total. The monoisotopic (exact) mass is 435 g/mol. The molecule has 1 aliphatic heterocycles. The van der Waals surface area contributed by atoms with Gasteiger partial charge in [-0.05, 0) is 51.3 Å². The third kappa shape index (κ3) is 4.77. The summed E-state index contributed by atoms with van der Waals surface area (Å²) in [7, 11) is 0. The largest absolute Gasteiger partial charge is 0.490 e. The molecule has 1 unspecified atom stereocenters. The molecule has 0 radical (unpaired) electrons. The van der Waals surface area contributed by atoms with E-state index in [4.69, 9.17) is 14.0 Å². The molecule has 0 saturated carbocycles. The Bertz CT molecular complexity index is 1060. The van der Waals surface area contributed by atoms with Crippen LogP contribution in [0.1, 0.15) is 49.7 Å². The van der Waals surface area contributed by atoms with Gasteiger partial charge in [0.25, 0.3) is 0 Å². The molecule has 32 heavy (non-hydrogen) atoms. The van der Waals surface area contributed by atoms with Crippen LogP contribution in [0.2, 0.25) is 0 Å². The van der Waals surface area contributed by atoms with Crippen LogP contribution in [-0.2, 0) is 11.2 Å². The molecule has 1 saturated heterocycles. The summed E-state index contributed by atoms with van der Waals surface area (Å²) in [5.41, 5.74) is 2.96. The van der Waals surface area contributed by atoms with Crippen molar-refractivity contribution in [3.8, 4) is 22.9 Å². The van der Waals surface area contributed by atoms with Gasteiger partial charge in [0.15, 0.2) is 11.5 Å². The normalized spacial score (nSPS) is 15.7. The molecule has 1 fully saturated rings. The van der Waals surface area contributed by atoms with Crippen LogP contribution >= 0.6 is 0 Å². The number of likely N-dealkylation sites (tertiary alicyclic amines) is 1. The van der Waals surface area contributed by atoms with Gasteiger partial charge in [0.1, 0.15) is 6.04 Å². The molecular formula is C25H29N3O4. The number of hydrogen-bond donors (Lipinski definition) is 0. The van der Waals surface area contributed by atoms with Gasteiger partial charge in [0.2, 0.25) is 17.6 Å². The molecule has 3 aromatic rings. The molecule has 2 aromatic carbocycles. The Kier molecular flexibility index (Phi) is 6.73. The molecule has 4 rings (SSSR count). The molecule has 168 valence electrons. The fraction of sp³-hybridized carbons (Fsp3) is 0.400. The van der Waals surface area contributed by atoms with Crippen molar-refractivity contribution in [1.82, 2.24) is 15.0 Å². The van der Waals surface area contributed by atoms with Crippen LogP contribution in [0.25, 0.3) is 11.4 Å². The summed E-state index contributed by atoms with van der Waals surface area (Å²) >= 11 is 0. The second kappa shape index (κ2) is 9.85. The van der Waals surface area contributed by atoms with Gasteiger partial charge in [-0.3, -0.25) is 4.79 Å². The highest BCUT2D eigenvalue weighted by molar-refractivity contribution is 5.79. The lowest BCUT2D eigenvalue weighted by molar-refractivity contribution is -0.131. The Morgan fingerprint density at radius 1 is 1.09 bits per heavy atom. The Labute approximate surface area is 188 Å². The third-order valence-corrected chi connectivity index (χ3v) is 5.57. The zero-order chi connectivity index (χ0) is 22.5. The number of ether oxygens (including phenoxy) is 2. The van der Waals surface area contributed by atoms with Crippen LogP contribution in [0.15, 0.2) is 47.0 Å². The molecule has 2 heterocycles. The first-order valence-corrected chi connectivity index (χ1v) is 11.2. The quantitative estimate of drug-likeness (QED) is 0.508. The zero-order valence-electron chi connectivity index (χ0n) is 18.8. The van der Waals surface area contributed by atoms with Crippen LogP contribution < -0.4 is 9.47 Å². The molecule has 1 amide bonds. The molecule has 0 spiro atoms. The summed E-state index contributed by atoms with van der Waals surface area (Å²) in [5, 5.41) is 4.14. The molecule has 0 aliphatic carbocycles. The van der Waals surface area contributed by atoms with E-state index in [1.54, 1.807) is 0 Å². The topological polar surface area (TPSA) is 77.7 Å². The molecular weight excluding hydrogens is 406 g/mol. The van der Waals surface area contributed by atoms with Crippen molar-refractivity contribution in [2.75, 3.05) is 19.8 Å². The van der Waals surface area contributed by atoms with E-state index in [9.17, 15) is 4.79 Å². The van der Waals surface area contributed by atoms with E-state index in [0.717, 1.165) is 24.0 Å². The highest BCUT2D eigenvalue weighted by Crippen LogP contribution is 2.34.